The van der Waals surface area contributed by atoms with Crippen molar-refractivity contribution in [3.63, 3.8) is 0 Å². The molecule has 0 aliphatic heterocycles. The second kappa shape index (κ2) is 7.04. The van der Waals surface area contributed by atoms with Gasteiger partial charge < -0.3 is 10.1 Å². The summed E-state index contributed by atoms with van der Waals surface area (Å²) in [5, 5.41) is 11.5. The molecule has 7 heteroatoms. The molecule has 24 heavy (non-hydrogen) atoms. The van der Waals surface area contributed by atoms with Crippen LogP contribution in [-0.4, -0.2) is 12.0 Å². The van der Waals surface area contributed by atoms with Gasteiger partial charge in [-0.15, -0.1) is 0 Å². The number of halogens is 3. The summed E-state index contributed by atoms with van der Waals surface area (Å²) in [4.78, 5) is 12.1. The first kappa shape index (κ1) is 17.3. The molecule has 0 aliphatic carbocycles. The van der Waals surface area contributed by atoms with E-state index in [1.54, 1.807) is 24.3 Å². The molecule has 0 radical (unpaired) electrons. The van der Waals surface area contributed by atoms with Crippen LogP contribution in [0.2, 0.25) is 0 Å². The van der Waals surface area contributed by atoms with Crippen molar-refractivity contribution in [1.82, 2.24) is 0 Å². The maximum atomic E-state index is 12.5. The zero-order chi connectivity index (χ0) is 17.7. The third kappa shape index (κ3) is 4.26. The number of benzene rings is 2. The SMILES string of the molecule is CC(Oc1ccc(C(F)(F)F)cc1)C(=O)Nc1ccccc1C#N. The number of amides is 1. The zero-order valence-electron chi connectivity index (χ0n) is 12.6. The number of carbonyl (C=O) groups is 1. The fourth-order valence-electron chi connectivity index (χ4n) is 1.90. The molecule has 1 amide bonds. The van der Waals surface area contributed by atoms with Crippen LogP contribution in [0.1, 0.15) is 18.1 Å². The van der Waals surface area contributed by atoms with Gasteiger partial charge in [-0.05, 0) is 43.3 Å². The Balaban J connectivity index is 2.03. The largest absolute Gasteiger partial charge is 0.481 e. The lowest BCUT2D eigenvalue weighted by Gasteiger charge is -2.16. The van der Waals surface area contributed by atoms with Gasteiger partial charge >= 0.3 is 6.18 Å². The average Bonchev–Trinajstić information content (AvgIpc) is 2.55. The molecule has 0 aromatic heterocycles. The molecule has 0 heterocycles. The first-order valence-corrected chi connectivity index (χ1v) is 6.95. The highest BCUT2D eigenvalue weighted by molar-refractivity contribution is 5.95. The molecule has 1 atom stereocenters. The summed E-state index contributed by atoms with van der Waals surface area (Å²) in [6, 6.07) is 12.5. The van der Waals surface area contributed by atoms with Gasteiger partial charge in [0.1, 0.15) is 11.8 Å². The average molecular weight is 334 g/mol. The first-order valence-electron chi connectivity index (χ1n) is 6.95. The summed E-state index contributed by atoms with van der Waals surface area (Å²) in [7, 11) is 0. The van der Waals surface area contributed by atoms with Crippen LogP contribution in [0.5, 0.6) is 5.75 Å². The van der Waals surface area contributed by atoms with Gasteiger partial charge in [0.25, 0.3) is 5.91 Å². The summed E-state index contributed by atoms with van der Waals surface area (Å²) in [6.45, 7) is 1.46. The quantitative estimate of drug-likeness (QED) is 0.920. The van der Waals surface area contributed by atoms with E-state index >= 15 is 0 Å². The van der Waals surface area contributed by atoms with Crippen LogP contribution in [0.15, 0.2) is 48.5 Å². The molecule has 4 nitrogen and oxygen atoms in total. The Bertz CT molecular complexity index is 765. The van der Waals surface area contributed by atoms with Crippen LogP contribution < -0.4 is 10.1 Å². The lowest BCUT2D eigenvalue weighted by Crippen LogP contribution is -2.30. The second-order valence-electron chi connectivity index (χ2n) is 4.93. The Hall–Kier alpha value is -3.01. The van der Waals surface area contributed by atoms with E-state index in [9.17, 15) is 18.0 Å². The van der Waals surface area contributed by atoms with Gasteiger partial charge in [-0.3, -0.25) is 4.79 Å². The minimum atomic E-state index is -4.43. The Morgan fingerprint density at radius 3 is 2.38 bits per heavy atom. The van der Waals surface area contributed by atoms with Crippen molar-refractivity contribution in [2.45, 2.75) is 19.2 Å². The van der Waals surface area contributed by atoms with E-state index < -0.39 is 23.8 Å². The van der Waals surface area contributed by atoms with Crippen LogP contribution in [0, 0.1) is 11.3 Å². The van der Waals surface area contributed by atoms with Gasteiger partial charge in [0.05, 0.1) is 16.8 Å². The third-order valence-electron chi connectivity index (χ3n) is 3.17. The van der Waals surface area contributed by atoms with Crippen molar-refractivity contribution in [3.8, 4) is 11.8 Å². The Labute approximate surface area is 136 Å². The number of hydrogen-bond donors (Lipinski definition) is 1. The maximum Gasteiger partial charge on any atom is 0.416 e. The zero-order valence-corrected chi connectivity index (χ0v) is 12.6. The molecule has 124 valence electrons. The maximum absolute atomic E-state index is 12.5. The normalized spacial score (nSPS) is 12.1. The Morgan fingerprint density at radius 1 is 1.17 bits per heavy atom. The van der Waals surface area contributed by atoms with Crippen molar-refractivity contribution < 1.29 is 22.7 Å². The van der Waals surface area contributed by atoms with Gasteiger partial charge in [0.2, 0.25) is 0 Å². The van der Waals surface area contributed by atoms with E-state index in [4.69, 9.17) is 10.00 Å². The molecule has 0 bridgehead atoms. The van der Waals surface area contributed by atoms with Crippen LogP contribution in [-0.2, 0) is 11.0 Å². The molecule has 0 aliphatic rings. The predicted octanol–water partition coefficient (Wildman–Crippen LogP) is 3.98. The number of anilines is 1. The fourth-order valence-corrected chi connectivity index (χ4v) is 1.90. The van der Waals surface area contributed by atoms with Gasteiger partial charge in [-0.2, -0.15) is 18.4 Å². The molecule has 0 saturated carbocycles. The Morgan fingerprint density at radius 2 is 1.79 bits per heavy atom. The number of hydrogen-bond acceptors (Lipinski definition) is 3. The monoisotopic (exact) mass is 334 g/mol. The number of nitrogens with zero attached hydrogens (tertiary/aromatic N) is 1. The highest BCUT2D eigenvalue weighted by atomic mass is 19.4. The molecule has 2 aromatic rings. The summed E-state index contributed by atoms with van der Waals surface area (Å²) in [6.07, 6.45) is -5.38. The van der Waals surface area contributed by atoms with Crippen LogP contribution in [0.3, 0.4) is 0 Å². The number of carbonyl (C=O) groups excluding carboxylic acids is 1. The number of rotatable bonds is 4. The van der Waals surface area contributed by atoms with E-state index in [1.807, 2.05) is 6.07 Å². The number of nitrogens with one attached hydrogen (secondary N) is 1. The highest BCUT2D eigenvalue weighted by Crippen LogP contribution is 2.30. The third-order valence-corrected chi connectivity index (χ3v) is 3.17. The smallest absolute Gasteiger partial charge is 0.416 e. The fraction of sp³-hybridized carbons (Fsp3) is 0.176. The first-order chi connectivity index (χ1) is 11.3. The number of alkyl halides is 3. The van der Waals surface area contributed by atoms with Crippen molar-refractivity contribution in [2.24, 2.45) is 0 Å². The van der Waals surface area contributed by atoms with E-state index in [-0.39, 0.29) is 5.75 Å². The highest BCUT2D eigenvalue weighted by Gasteiger charge is 2.30. The van der Waals surface area contributed by atoms with Gasteiger partial charge in [0, 0.05) is 0 Å². The Kier molecular flexibility index (Phi) is 5.09. The van der Waals surface area contributed by atoms with E-state index in [0.29, 0.717) is 11.3 Å². The molecule has 2 aromatic carbocycles. The summed E-state index contributed by atoms with van der Waals surface area (Å²) in [5.41, 5.74) is -0.157. The van der Waals surface area contributed by atoms with Gasteiger partial charge in [-0.1, -0.05) is 12.1 Å². The molecule has 2 rings (SSSR count). The number of para-hydroxylation sites is 1. The topological polar surface area (TPSA) is 62.1 Å². The number of ether oxygens (including phenoxy) is 1. The lowest BCUT2D eigenvalue weighted by molar-refractivity contribution is -0.137. The van der Waals surface area contributed by atoms with Crippen LogP contribution in [0.25, 0.3) is 0 Å². The molecule has 0 saturated heterocycles. The number of nitriles is 1. The summed E-state index contributed by atoms with van der Waals surface area (Å²) in [5.74, 6) is -0.378. The van der Waals surface area contributed by atoms with Crippen molar-refractivity contribution >= 4 is 11.6 Å². The van der Waals surface area contributed by atoms with Gasteiger partial charge in [-0.25, -0.2) is 0 Å². The van der Waals surface area contributed by atoms with Crippen molar-refractivity contribution in [1.29, 1.82) is 5.26 Å². The molecule has 0 spiro atoms. The second-order valence-corrected chi connectivity index (χ2v) is 4.93. The summed E-state index contributed by atoms with van der Waals surface area (Å²) < 4.78 is 42.8. The molecule has 1 unspecified atom stereocenters. The van der Waals surface area contributed by atoms with Crippen LogP contribution in [0.4, 0.5) is 18.9 Å². The lowest BCUT2D eigenvalue weighted by atomic mass is 10.2. The molecular formula is C17H13F3N2O2. The predicted molar refractivity (Wildman–Crippen MR) is 81.3 cm³/mol. The van der Waals surface area contributed by atoms with E-state index in [1.165, 1.54) is 6.92 Å². The van der Waals surface area contributed by atoms with Gasteiger partial charge in [0.15, 0.2) is 6.10 Å². The minimum Gasteiger partial charge on any atom is -0.481 e. The van der Waals surface area contributed by atoms with E-state index in [2.05, 4.69) is 5.32 Å². The molecule has 1 N–H and O–H groups in total. The minimum absolute atomic E-state index is 0.138. The molecular weight excluding hydrogens is 321 g/mol. The van der Waals surface area contributed by atoms with E-state index in [0.717, 1.165) is 24.3 Å². The van der Waals surface area contributed by atoms with Crippen molar-refractivity contribution in [3.05, 3.63) is 59.7 Å². The summed E-state index contributed by atoms with van der Waals surface area (Å²) >= 11 is 0. The standard InChI is InChI=1S/C17H13F3N2O2/c1-11(16(23)22-15-5-3-2-4-12(15)10-21)24-14-8-6-13(7-9-14)17(18,19)20/h2-9,11H,1H3,(H,22,23). The van der Waals surface area contributed by atoms with Crippen LogP contribution >= 0.6 is 0 Å². The van der Waals surface area contributed by atoms with Crippen molar-refractivity contribution in [2.75, 3.05) is 5.32 Å². The molecule has 0 fully saturated rings.